The lowest BCUT2D eigenvalue weighted by atomic mass is 10.2. The molecular weight excluding hydrogens is 284 g/mol. The molecular formula is C11H13BrN4O. The smallest absolute Gasteiger partial charge is 0.277 e. The minimum atomic E-state index is 0.0626. The van der Waals surface area contributed by atoms with Crippen molar-refractivity contribution in [3.8, 4) is 11.6 Å². The average Bonchev–Trinajstić information content (AvgIpc) is 2.78. The van der Waals surface area contributed by atoms with E-state index < -0.39 is 0 Å². The first-order valence-electron chi connectivity index (χ1n) is 5.39. The van der Waals surface area contributed by atoms with E-state index in [1.165, 1.54) is 0 Å². The predicted molar refractivity (Wildman–Crippen MR) is 67.2 cm³/mol. The molecule has 5 nitrogen and oxygen atoms in total. The van der Waals surface area contributed by atoms with Crippen LogP contribution < -0.4 is 5.73 Å². The molecule has 2 rings (SSSR count). The summed E-state index contributed by atoms with van der Waals surface area (Å²) in [4.78, 5) is 8.47. The van der Waals surface area contributed by atoms with Crippen molar-refractivity contribution in [2.24, 2.45) is 5.73 Å². The van der Waals surface area contributed by atoms with E-state index in [1.807, 2.05) is 19.1 Å². The first kappa shape index (κ1) is 12.2. The third-order valence-electron chi connectivity index (χ3n) is 2.40. The zero-order valence-corrected chi connectivity index (χ0v) is 11.0. The highest BCUT2D eigenvalue weighted by molar-refractivity contribution is 9.10. The fourth-order valence-electron chi connectivity index (χ4n) is 1.35. The van der Waals surface area contributed by atoms with Crippen LogP contribution in [0.15, 0.2) is 27.3 Å². The van der Waals surface area contributed by atoms with Crippen LogP contribution in [0.1, 0.15) is 19.2 Å². The molecule has 1 atom stereocenters. The van der Waals surface area contributed by atoms with E-state index in [1.54, 1.807) is 6.20 Å². The number of hydrogen-bond acceptors (Lipinski definition) is 5. The van der Waals surface area contributed by atoms with Gasteiger partial charge in [0.15, 0.2) is 5.82 Å². The van der Waals surface area contributed by atoms with Gasteiger partial charge in [-0.1, -0.05) is 12.1 Å². The number of aromatic nitrogens is 3. The lowest BCUT2D eigenvalue weighted by molar-refractivity contribution is 0.418. The molecule has 0 fully saturated rings. The summed E-state index contributed by atoms with van der Waals surface area (Å²) in [6.45, 7) is 2.03. The van der Waals surface area contributed by atoms with Gasteiger partial charge < -0.3 is 10.3 Å². The third kappa shape index (κ3) is 2.89. The standard InChI is InChI=1S/C11H13BrN4O/c1-2-7(13)6-9-15-11(17-16-9)10-8(12)4-3-5-14-10/h3-5,7H,2,6,13H2,1H3. The van der Waals surface area contributed by atoms with Crippen LogP contribution in [-0.2, 0) is 6.42 Å². The van der Waals surface area contributed by atoms with Crippen LogP contribution in [0.2, 0.25) is 0 Å². The SMILES string of the molecule is CCC(N)Cc1noc(-c2ncccc2Br)n1. The van der Waals surface area contributed by atoms with Crippen LogP contribution in [0.5, 0.6) is 0 Å². The van der Waals surface area contributed by atoms with E-state index in [2.05, 4.69) is 31.1 Å². The quantitative estimate of drug-likeness (QED) is 0.935. The van der Waals surface area contributed by atoms with Gasteiger partial charge in [-0.2, -0.15) is 4.98 Å². The van der Waals surface area contributed by atoms with E-state index in [0.29, 0.717) is 23.8 Å². The van der Waals surface area contributed by atoms with Crippen LogP contribution in [0.3, 0.4) is 0 Å². The first-order chi connectivity index (χ1) is 8.20. The summed E-state index contributed by atoms with van der Waals surface area (Å²) in [6.07, 6.45) is 3.18. The summed E-state index contributed by atoms with van der Waals surface area (Å²) in [5, 5.41) is 3.89. The van der Waals surface area contributed by atoms with Gasteiger partial charge in [-0.25, -0.2) is 4.98 Å². The summed E-state index contributed by atoms with van der Waals surface area (Å²) in [6, 6.07) is 3.77. The second kappa shape index (κ2) is 5.37. The third-order valence-corrected chi connectivity index (χ3v) is 3.04. The predicted octanol–water partition coefficient (Wildman–Crippen LogP) is 2.17. The van der Waals surface area contributed by atoms with Crippen LogP contribution in [0.4, 0.5) is 0 Å². The van der Waals surface area contributed by atoms with Gasteiger partial charge in [0.1, 0.15) is 5.69 Å². The van der Waals surface area contributed by atoms with Crippen LogP contribution >= 0.6 is 15.9 Å². The molecule has 0 saturated heterocycles. The molecule has 2 N–H and O–H groups in total. The topological polar surface area (TPSA) is 77.8 Å². The van der Waals surface area contributed by atoms with E-state index in [0.717, 1.165) is 10.9 Å². The molecule has 0 aromatic carbocycles. The van der Waals surface area contributed by atoms with Gasteiger partial charge in [-0.15, -0.1) is 0 Å². The molecule has 1 unspecified atom stereocenters. The lowest BCUT2D eigenvalue weighted by Gasteiger charge is -2.02. The van der Waals surface area contributed by atoms with Crippen molar-refractivity contribution >= 4 is 15.9 Å². The molecule has 17 heavy (non-hydrogen) atoms. The molecule has 90 valence electrons. The zero-order chi connectivity index (χ0) is 12.3. The van der Waals surface area contributed by atoms with Crippen LogP contribution in [-0.4, -0.2) is 21.2 Å². The molecule has 0 aliphatic heterocycles. The summed E-state index contributed by atoms with van der Waals surface area (Å²) < 4.78 is 6.00. The van der Waals surface area contributed by atoms with Gasteiger partial charge in [0.2, 0.25) is 0 Å². The molecule has 0 radical (unpaired) electrons. The van der Waals surface area contributed by atoms with Gasteiger partial charge in [-0.3, -0.25) is 0 Å². The molecule has 6 heteroatoms. The minimum absolute atomic E-state index is 0.0626. The Morgan fingerprint density at radius 1 is 1.53 bits per heavy atom. The molecule has 0 spiro atoms. The van der Waals surface area contributed by atoms with E-state index in [4.69, 9.17) is 10.3 Å². The van der Waals surface area contributed by atoms with Crippen LogP contribution in [0.25, 0.3) is 11.6 Å². The van der Waals surface area contributed by atoms with Gasteiger partial charge in [-0.05, 0) is 34.5 Å². The van der Waals surface area contributed by atoms with Crippen molar-refractivity contribution in [1.82, 2.24) is 15.1 Å². The van der Waals surface area contributed by atoms with Gasteiger partial charge in [0, 0.05) is 23.1 Å². The molecule has 0 saturated carbocycles. The fourth-order valence-corrected chi connectivity index (χ4v) is 1.78. The van der Waals surface area contributed by atoms with Crippen molar-refractivity contribution in [1.29, 1.82) is 0 Å². The molecule has 2 aromatic heterocycles. The lowest BCUT2D eigenvalue weighted by Crippen LogP contribution is -2.21. The highest BCUT2D eigenvalue weighted by Crippen LogP contribution is 2.23. The Morgan fingerprint density at radius 2 is 2.35 bits per heavy atom. The zero-order valence-electron chi connectivity index (χ0n) is 9.43. The maximum Gasteiger partial charge on any atom is 0.277 e. The Balaban J connectivity index is 2.21. The summed E-state index contributed by atoms with van der Waals surface area (Å²) in [7, 11) is 0. The Morgan fingerprint density at radius 3 is 3.06 bits per heavy atom. The molecule has 2 heterocycles. The maximum absolute atomic E-state index is 5.84. The summed E-state index contributed by atoms with van der Waals surface area (Å²) in [5.74, 6) is 1.03. The molecule has 0 aliphatic rings. The molecule has 0 amide bonds. The normalized spacial score (nSPS) is 12.6. The Bertz CT molecular complexity index is 500. The van der Waals surface area contributed by atoms with Gasteiger partial charge in [0.25, 0.3) is 5.89 Å². The van der Waals surface area contributed by atoms with E-state index in [9.17, 15) is 0 Å². The number of nitrogens with zero attached hydrogens (tertiary/aromatic N) is 3. The molecule has 0 bridgehead atoms. The number of pyridine rings is 1. The monoisotopic (exact) mass is 296 g/mol. The number of hydrogen-bond donors (Lipinski definition) is 1. The fraction of sp³-hybridized carbons (Fsp3) is 0.364. The highest BCUT2D eigenvalue weighted by atomic mass is 79.9. The first-order valence-corrected chi connectivity index (χ1v) is 6.19. The van der Waals surface area contributed by atoms with E-state index in [-0.39, 0.29) is 6.04 Å². The Labute approximate surface area is 108 Å². The van der Waals surface area contributed by atoms with Crippen molar-refractivity contribution in [3.63, 3.8) is 0 Å². The summed E-state index contributed by atoms with van der Waals surface area (Å²) in [5.41, 5.74) is 6.49. The Hall–Kier alpha value is -1.27. The molecule has 0 aliphatic carbocycles. The highest BCUT2D eigenvalue weighted by Gasteiger charge is 2.14. The van der Waals surface area contributed by atoms with Crippen molar-refractivity contribution < 1.29 is 4.52 Å². The average molecular weight is 297 g/mol. The number of rotatable bonds is 4. The second-order valence-electron chi connectivity index (χ2n) is 3.72. The van der Waals surface area contributed by atoms with Crippen LogP contribution in [0, 0.1) is 0 Å². The van der Waals surface area contributed by atoms with E-state index >= 15 is 0 Å². The molecule has 2 aromatic rings. The second-order valence-corrected chi connectivity index (χ2v) is 4.58. The minimum Gasteiger partial charge on any atom is -0.332 e. The maximum atomic E-state index is 5.84. The Kier molecular flexibility index (Phi) is 3.86. The van der Waals surface area contributed by atoms with Crippen molar-refractivity contribution in [3.05, 3.63) is 28.6 Å². The largest absolute Gasteiger partial charge is 0.332 e. The number of halogens is 1. The number of nitrogens with two attached hydrogens (primary N) is 1. The van der Waals surface area contributed by atoms with Crippen molar-refractivity contribution in [2.75, 3.05) is 0 Å². The van der Waals surface area contributed by atoms with Gasteiger partial charge >= 0.3 is 0 Å². The van der Waals surface area contributed by atoms with Gasteiger partial charge in [0.05, 0.1) is 0 Å². The summed E-state index contributed by atoms with van der Waals surface area (Å²) >= 11 is 3.39. The van der Waals surface area contributed by atoms with Crippen molar-refractivity contribution in [2.45, 2.75) is 25.8 Å².